The van der Waals surface area contributed by atoms with E-state index < -0.39 is 0 Å². The van der Waals surface area contributed by atoms with Gasteiger partial charge in [0.25, 0.3) is 5.91 Å². The van der Waals surface area contributed by atoms with Crippen LogP contribution < -0.4 is 5.32 Å². The highest BCUT2D eigenvalue weighted by atomic mass is 16.5. The summed E-state index contributed by atoms with van der Waals surface area (Å²) in [6.45, 7) is 6.49. The zero-order chi connectivity index (χ0) is 20.8. The molecule has 0 aliphatic rings. The van der Waals surface area contributed by atoms with Crippen molar-refractivity contribution in [1.82, 2.24) is 25.5 Å². The van der Waals surface area contributed by atoms with E-state index >= 15 is 0 Å². The first-order chi connectivity index (χ1) is 14.0. The lowest BCUT2D eigenvalue weighted by Crippen LogP contribution is -2.35. The largest absolute Gasteiger partial charge is 0.383 e. The molecule has 29 heavy (non-hydrogen) atoms. The van der Waals surface area contributed by atoms with Crippen molar-refractivity contribution in [2.24, 2.45) is 0 Å². The molecule has 1 N–H and O–H groups in total. The van der Waals surface area contributed by atoms with Crippen molar-refractivity contribution in [2.75, 3.05) is 13.7 Å². The number of hydrogen-bond acceptors (Lipinski definition) is 5. The van der Waals surface area contributed by atoms with Gasteiger partial charge in [-0.25, -0.2) is 0 Å². The molecule has 2 aromatic carbocycles. The van der Waals surface area contributed by atoms with E-state index in [-0.39, 0.29) is 11.9 Å². The van der Waals surface area contributed by atoms with E-state index in [0.29, 0.717) is 12.2 Å². The van der Waals surface area contributed by atoms with Gasteiger partial charge in [-0.15, -0.1) is 5.10 Å². The molecule has 0 spiro atoms. The number of rotatable bonds is 8. The number of carbonyl (C=O) groups is 1. The second-order valence-electron chi connectivity index (χ2n) is 7.22. The third-order valence-corrected chi connectivity index (χ3v) is 4.61. The maximum Gasteiger partial charge on any atom is 0.251 e. The van der Waals surface area contributed by atoms with Gasteiger partial charge in [0.15, 0.2) is 5.82 Å². The summed E-state index contributed by atoms with van der Waals surface area (Å²) in [7, 11) is 1.62. The monoisotopic (exact) mass is 393 g/mol. The van der Waals surface area contributed by atoms with E-state index in [1.54, 1.807) is 11.8 Å². The molecule has 0 aliphatic heterocycles. The zero-order valence-corrected chi connectivity index (χ0v) is 17.3. The Morgan fingerprint density at radius 3 is 2.62 bits per heavy atom. The molecule has 1 aromatic heterocycles. The van der Waals surface area contributed by atoms with Gasteiger partial charge in [0.1, 0.15) is 0 Å². The molecule has 1 atom stereocenters. The van der Waals surface area contributed by atoms with E-state index in [2.05, 4.69) is 52.0 Å². The standard InChI is InChI=1S/C22H27N5O2/c1-5-6-21-24-25-26-27(21)20-12-18(17-9-7-15(2)8-10-17)11-19(13-20)22(28)23-16(3)14-29-4/h7-13,16H,5-6,14H2,1-4H3,(H,23,28). The lowest BCUT2D eigenvalue weighted by Gasteiger charge is -2.15. The Balaban J connectivity index is 2.05. The van der Waals surface area contributed by atoms with Crippen molar-refractivity contribution in [3.05, 3.63) is 59.4 Å². The fourth-order valence-electron chi connectivity index (χ4n) is 3.16. The number of aromatic nitrogens is 4. The van der Waals surface area contributed by atoms with Crippen molar-refractivity contribution in [1.29, 1.82) is 0 Å². The third-order valence-electron chi connectivity index (χ3n) is 4.61. The minimum atomic E-state index is -0.158. The number of methoxy groups -OCH3 is 1. The van der Waals surface area contributed by atoms with E-state index in [1.165, 1.54) is 5.56 Å². The highest BCUT2D eigenvalue weighted by molar-refractivity contribution is 5.96. The van der Waals surface area contributed by atoms with E-state index in [4.69, 9.17) is 4.74 Å². The van der Waals surface area contributed by atoms with E-state index in [1.807, 2.05) is 32.0 Å². The zero-order valence-electron chi connectivity index (χ0n) is 17.3. The smallest absolute Gasteiger partial charge is 0.251 e. The van der Waals surface area contributed by atoms with Gasteiger partial charge >= 0.3 is 0 Å². The number of nitrogens with zero attached hydrogens (tertiary/aromatic N) is 4. The van der Waals surface area contributed by atoms with Crippen LogP contribution in [0.1, 0.15) is 42.0 Å². The molecular formula is C22H27N5O2. The Kier molecular flexibility index (Phi) is 6.72. The summed E-state index contributed by atoms with van der Waals surface area (Å²) in [6.07, 6.45) is 1.69. The highest BCUT2D eigenvalue weighted by Gasteiger charge is 2.15. The van der Waals surface area contributed by atoms with Crippen molar-refractivity contribution in [3.63, 3.8) is 0 Å². The summed E-state index contributed by atoms with van der Waals surface area (Å²) in [5.74, 6) is 0.613. The summed E-state index contributed by atoms with van der Waals surface area (Å²) < 4.78 is 6.83. The number of carbonyl (C=O) groups excluding carboxylic acids is 1. The Morgan fingerprint density at radius 2 is 1.93 bits per heavy atom. The van der Waals surface area contributed by atoms with Gasteiger partial charge in [-0.1, -0.05) is 36.8 Å². The average Bonchev–Trinajstić information content (AvgIpc) is 3.17. The minimum Gasteiger partial charge on any atom is -0.383 e. The van der Waals surface area contributed by atoms with Gasteiger partial charge in [0, 0.05) is 25.1 Å². The van der Waals surface area contributed by atoms with Crippen LogP contribution in [0, 0.1) is 6.92 Å². The molecule has 0 saturated heterocycles. The maximum atomic E-state index is 12.9. The van der Waals surface area contributed by atoms with Gasteiger partial charge in [-0.3, -0.25) is 4.79 Å². The highest BCUT2D eigenvalue weighted by Crippen LogP contribution is 2.25. The van der Waals surface area contributed by atoms with E-state index in [0.717, 1.165) is 35.5 Å². The number of benzene rings is 2. The van der Waals surface area contributed by atoms with E-state index in [9.17, 15) is 4.79 Å². The molecule has 1 heterocycles. The number of hydrogen-bond donors (Lipinski definition) is 1. The van der Waals surface area contributed by atoms with Gasteiger partial charge in [-0.05, 0) is 60.0 Å². The quantitative estimate of drug-likeness (QED) is 0.635. The lowest BCUT2D eigenvalue weighted by atomic mass is 10.0. The SMILES string of the molecule is CCCc1nnnn1-c1cc(C(=O)NC(C)COC)cc(-c2ccc(C)cc2)c1. The first-order valence-corrected chi connectivity index (χ1v) is 9.81. The number of amides is 1. The van der Waals surface area contributed by atoms with Crippen molar-refractivity contribution in [3.8, 4) is 16.8 Å². The first kappa shape index (κ1) is 20.7. The summed E-state index contributed by atoms with van der Waals surface area (Å²) in [5, 5.41) is 15.1. The molecule has 1 amide bonds. The van der Waals surface area contributed by atoms with Gasteiger partial charge in [-0.2, -0.15) is 4.68 Å². The predicted octanol–water partition coefficient (Wildman–Crippen LogP) is 3.35. The maximum absolute atomic E-state index is 12.9. The van der Waals surface area contributed by atoms with Crippen LogP contribution in [0.3, 0.4) is 0 Å². The second kappa shape index (κ2) is 9.43. The molecule has 7 nitrogen and oxygen atoms in total. The Morgan fingerprint density at radius 1 is 1.17 bits per heavy atom. The van der Waals surface area contributed by atoms with Crippen LogP contribution in [0.25, 0.3) is 16.8 Å². The number of ether oxygens (including phenoxy) is 1. The van der Waals surface area contributed by atoms with Gasteiger partial charge < -0.3 is 10.1 Å². The minimum absolute atomic E-state index is 0.0947. The Bertz CT molecular complexity index is 966. The molecule has 0 fully saturated rings. The number of aryl methyl sites for hydroxylation is 2. The van der Waals surface area contributed by atoms with Crippen LogP contribution in [-0.4, -0.2) is 45.9 Å². The molecule has 3 rings (SSSR count). The fourth-order valence-corrected chi connectivity index (χ4v) is 3.16. The van der Waals surface area contributed by atoms with Crippen LogP contribution >= 0.6 is 0 Å². The predicted molar refractivity (Wildman–Crippen MR) is 112 cm³/mol. The second-order valence-corrected chi connectivity index (χ2v) is 7.22. The van der Waals surface area contributed by atoms with Gasteiger partial charge in [0.2, 0.25) is 0 Å². The van der Waals surface area contributed by atoms with Crippen LogP contribution in [0.4, 0.5) is 0 Å². The Labute approximate surface area is 171 Å². The molecular weight excluding hydrogens is 366 g/mol. The van der Waals surface area contributed by atoms with Crippen molar-refractivity contribution >= 4 is 5.91 Å². The molecule has 0 bridgehead atoms. The Hall–Kier alpha value is -3.06. The van der Waals surface area contributed by atoms with Crippen LogP contribution in [-0.2, 0) is 11.2 Å². The summed E-state index contributed by atoms with van der Waals surface area (Å²) in [4.78, 5) is 12.9. The molecule has 0 radical (unpaired) electrons. The summed E-state index contributed by atoms with van der Waals surface area (Å²) in [6, 6.07) is 13.9. The molecule has 152 valence electrons. The van der Waals surface area contributed by atoms with Crippen LogP contribution in [0.5, 0.6) is 0 Å². The van der Waals surface area contributed by atoms with Crippen LogP contribution in [0.15, 0.2) is 42.5 Å². The van der Waals surface area contributed by atoms with Crippen LogP contribution in [0.2, 0.25) is 0 Å². The van der Waals surface area contributed by atoms with Crippen molar-refractivity contribution < 1.29 is 9.53 Å². The normalized spacial score (nSPS) is 12.0. The summed E-state index contributed by atoms with van der Waals surface area (Å²) >= 11 is 0. The molecule has 3 aromatic rings. The third kappa shape index (κ3) is 5.06. The summed E-state index contributed by atoms with van der Waals surface area (Å²) in [5.41, 5.74) is 4.47. The molecule has 1 unspecified atom stereocenters. The number of nitrogens with one attached hydrogen (secondary N) is 1. The molecule has 0 saturated carbocycles. The van der Waals surface area contributed by atoms with Crippen molar-refractivity contribution in [2.45, 2.75) is 39.7 Å². The fraction of sp³-hybridized carbons (Fsp3) is 0.364. The topological polar surface area (TPSA) is 81.9 Å². The molecule has 7 heteroatoms. The number of tetrazole rings is 1. The first-order valence-electron chi connectivity index (χ1n) is 9.81. The molecule has 0 aliphatic carbocycles. The lowest BCUT2D eigenvalue weighted by molar-refractivity contribution is 0.0905. The van der Waals surface area contributed by atoms with Gasteiger partial charge in [0.05, 0.1) is 12.3 Å². The average molecular weight is 393 g/mol.